The molecule has 0 fully saturated rings. The molecule has 24 heavy (non-hydrogen) atoms. The maximum absolute atomic E-state index is 11.1. The molecule has 0 atom stereocenters. The van der Waals surface area contributed by atoms with Crippen molar-refractivity contribution in [3.63, 3.8) is 0 Å². The maximum Gasteiger partial charge on any atom is 0.330 e. The van der Waals surface area contributed by atoms with Gasteiger partial charge in [0.15, 0.2) is 17.1 Å². The Morgan fingerprint density at radius 2 is 2.04 bits per heavy atom. The molecular weight excluding hydrogens is 314 g/mol. The molecule has 2 aromatic heterocycles. The molecule has 0 N–H and O–H groups in total. The highest BCUT2D eigenvalue weighted by Gasteiger charge is 2.09. The van der Waals surface area contributed by atoms with Crippen molar-refractivity contribution < 1.29 is 19.0 Å². The zero-order valence-electron chi connectivity index (χ0n) is 12.9. The van der Waals surface area contributed by atoms with E-state index >= 15 is 0 Å². The second kappa shape index (κ2) is 6.73. The number of esters is 1. The quantitative estimate of drug-likeness (QED) is 0.513. The molecule has 1 aromatic carbocycles. The number of hydrogen-bond acceptors (Lipinski definition) is 8. The van der Waals surface area contributed by atoms with Gasteiger partial charge in [-0.15, -0.1) is 14.8 Å². The summed E-state index contributed by atoms with van der Waals surface area (Å²) in [4.78, 5) is 11.1. The Morgan fingerprint density at radius 1 is 1.17 bits per heavy atom. The topological polar surface area (TPSA) is 101 Å². The Balaban J connectivity index is 1.84. The van der Waals surface area contributed by atoms with Crippen LogP contribution < -0.4 is 9.47 Å². The molecule has 3 aromatic rings. The highest BCUT2D eigenvalue weighted by molar-refractivity contribution is 5.87. The summed E-state index contributed by atoms with van der Waals surface area (Å²) in [5.41, 5.74) is 1.27. The smallest absolute Gasteiger partial charge is 0.330 e. The van der Waals surface area contributed by atoms with Gasteiger partial charge >= 0.3 is 5.97 Å². The van der Waals surface area contributed by atoms with E-state index in [0.717, 1.165) is 5.56 Å². The molecule has 9 heteroatoms. The number of aromatic nitrogens is 5. The van der Waals surface area contributed by atoms with Gasteiger partial charge in [-0.05, 0) is 40.3 Å². The van der Waals surface area contributed by atoms with Crippen LogP contribution in [0.1, 0.15) is 5.56 Å². The predicted molar refractivity (Wildman–Crippen MR) is 82.7 cm³/mol. The number of ether oxygens (including phenoxy) is 3. The van der Waals surface area contributed by atoms with E-state index in [0.29, 0.717) is 23.0 Å². The summed E-state index contributed by atoms with van der Waals surface area (Å²) in [6.07, 6.45) is 2.94. The molecule has 2 heterocycles. The van der Waals surface area contributed by atoms with Crippen molar-refractivity contribution in [1.82, 2.24) is 25.3 Å². The third-order valence-electron chi connectivity index (χ3n) is 3.06. The molecular formula is C15H13N5O4. The van der Waals surface area contributed by atoms with E-state index in [9.17, 15) is 4.79 Å². The highest BCUT2D eigenvalue weighted by atomic mass is 16.5. The van der Waals surface area contributed by atoms with Gasteiger partial charge < -0.3 is 14.2 Å². The first-order valence-corrected chi connectivity index (χ1v) is 6.87. The molecule has 9 nitrogen and oxygen atoms in total. The molecule has 3 rings (SSSR count). The molecule has 0 saturated heterocycles. The Morgan fingerprint density at radius 3 is 2.83 bits per heavy atom. The van der Waals surface area contributed by atoms with Crippen LogP contribution in [0.15, 0.2) is 36.4 Å². The molecule has 0 aliphatic rings. The molecule has 0 radical (unpaired) electrons. The van der Waals surface area contributed by atoms with Crippen LogP contribution in [-0.4, -0.2) is 45.4 Å². The first-order chi connectivity index (χ1) is 11.7. The van der Waals surface area contributed by atoms with Crippen LogP contribution >= 0.6 is 0 Å². The zero-order chi connectivity index (χ0) is 16.9. The Bertz CT molecular complexity index is 906. The lowest BCUT2D eigenvalue weighted by Crippen LogP contribution is -1.98. The highest BCUT2D eigenvalue weighted by Crippen LogP contribution is 2.31. The minimum atomic E-state index is -0.437. The van der Waals surface area contributed by atoms with Gasteiger partial charge in [-0.25, -0.2) is 4.79 Å². The van der Waals surface area contributed by atoms with E-state index in [1.807, 2.05) is 0 Å². The van der Waals surface area contributed by atoms with Crippen molar-refractivity contribution in [2.45, 2.75) is 0 Å². The molecule has 0 aliphatic carbocycles. The fraction of sp³-hybridized carbons (Fsp3) is 0.133. The monoisotopic (exact) mass is 327 g/mol. The summed E-state index contributed by atoms with van der Waals surface area (Å²) in [5, 5.41) is 15.1. The van der Waals surface area contributed by atoms with E-state index in [-0.39, 0.29) is 0 Å². The first kappa shape index (κ1) is 15.4. The van der Waals surface area contributed by atoms with Crippen molar-refractivity contribution >= 4 is 17.7 Å². The van der Waals surface area contributed by atoms with Crippen molar-refractivity contribution in [2.75, 3.05) is 14.2 Å². The number of benzene rings is 1. The SMILES string of the molecule is COC(=O)C=Cc1ccc(Oc2ccc3nnnn3n2)c(OC)c1. The number of carbonyl (C=O) groups excluding carboxylic acids is 1. The molecule has 0 unspecified atom stereocenters. The second-order valence-electron chi connectivity index (χ2n) is 4.57. The summed E-state index contributed by atoms with van der Waals surface area (Å²) in [6.45, 7) is 0. The van der Waals surface area contributed by atoms with Crippen LogP contribution in [0, 0.1) is 0 Å². The molecule has 0 spiro atoms. The first-order valence-electron chi connectivity index (χ1n) is 6.87. The number of nitrogens with zero attached hydrogens (tertiary/aromatic N) is 5. The van der Waals surface area contributed by atoms with Gasteiger partial charge in [0.25, 0.3) is 0 Å². The van der Waals surface area contributed by atoms with Crippen LogP contribution in [0.3, 0.4) is 0 Å². The summed E-state index contributed by atoms with van der Waals surface area (Å²) in [7, 11) is 2.84. The zero-order valence-corrected chi connectivity index (χ0v) is 12.9. The second-order valence-corrected chi connectivity index (χ2v) is 4.57. The average molecular weight is 327 g/mol. The Kier molecular flexibility index (Phi) is 4.32. The van der Waals surface area contributed by atoms with Crippen LogP contribution in [0.5, 0.6) is 17.4 Å². The number of tetrazole rings is 1. The number of hydrogen-bond donors (Lipinski definition) is 0. The van der Waals surface area contributed by atoms with Gasteiger partial charge in [0.2, 0.25) is 5.88 Å². The fourth-order valence-corrected chi connectivity index (χ4v) is 1.90. The van der Waals surface area contributed by atoms with Gasteiger partial charge in [0, 0.05) is 12.1 Å². The van der Waals surface area contributed by atoms with E-state index in [1.54, 1.807) is 36.4 Å². The van der Waals surface area contributed by atoms with Crippen LogP contribution in [0.2, 0.25) is 0 Å². The molecule has 0 aliphatic heterocycles. The van der Waals surface area contributed by atoms with E-state index < -0.39 is 5.97 Å². The van der Waals surface area contributed by atoms with Gasteiger partial charge in [0.05, 0.1) is 14.2 Å². The molecule has 0 amide bonds. The van der Waals surface area contributed by atoms with Gasteiger partial charge in [-0.1, -0.05) is 6.07 Å². The molecule has 0 bridgehead atoms. The number of carbonyl (C=O) groups is 1. The molecule has 122 valence electrons. The molecule has 0 saturated carbocycles. The Hall–Kier alpha value is -3.49. The van der Waals surface area contributed by atoms with E-state index in [1.165, 1.54) is 24.9 Å². The average Bonchev–Trinajstić information content (AvgIpc) is 3.08. The van der Waals surface area contributed by atoms with Crippen molar-refractivity contribution in [2.24, 2.45) is 0 Å². The van der Waals surface area contributed by atoms with E-state index in [4.69, 9.17) is 9.47 Å². The van der Waals surface area contributed by atoms with Crippen molar-refractivity contribution in [3.05, 3.63) is 42.0 Å². The van der Waals surface area contributed by atoms with Gasteiger partial charge in [-0.3, -0.25) is 0 Å². The Labute approximate surface area is 136 Å². The van der Waals surface area contributed by atoms with Gasteiger partial charge in [-0.2, -0.15) is 0 Å². The third-order valence-corrected chi connectivity index (χ3v) is 3.06. The lowest BCUT2D eigenvalue weighted by atomic mass is 10.2. The van der Waals surface area contributed by atoms with Crippen LogP contribution in [0.25, 0.3) is 11.7 Å². The minimum Gasteiger partial charge on any atom is -0.493 e. The number of methoxy groups -OCH3 is 2. The number of rotatable bonds is 5. The summed E-state index contributed by atoms with van der Waals surface area (Å²) < 4.78 is 16.8. The maximum atomic E-state index is 11.1. The van der Waals surface area contributed by atoms with Crippen LogP contribution in [0.4, 0.5) is 0 Å². The lowest BCUT2D eigenvalue weighted by Gasteiger charge is -2.10. The van der Waals surface area contributed by atoms with E-state index in [2.05, 4.69) is 25.4 Å². The van der Waals surface area contributed by atoms with Crippen molar-refractivity contribution in [3.8, 4) is 17.4 Å². The lowest BCUT2D eigenvalue weighted by molar-refractivity contribution is -0.134. The van der Waals surface area contributed by atoms with Crippen LogP contribution in [-0.2, 0) is 9.53 Å². The normalized spacial score (nSPS) is 10.9. The predicted octanol–water partition coefficient (Wildman–Crippen LogP) is 1.51. The largest absolute Gasteiger partial charge is 0.493 e. The third kappa shape index (κ3) is 3.29. The van der Waals surface area contributed by atoms with Gasteiger partial charge in [0.1, 0.15) is 0 Å². The summed E-state index contributed by atoms with van der Waals surface area (Å²) in [6, 6.07) is 8.54. The summed E-state index contributed by atoms with van der Waals surface area (Å²) in [5.74, 6) is 0.826. The fourth-order valence-electron chi connectivity index (χ4n) is 1.90. The standard InChI is InChI=1S/C15H13N5O4/c1-22-12-9-10(4-8-15(21)23-2)3-5-11(12)24-14-7-6-13-16-18-19-20(13)17-14/h3-9H,1-2H3. The number of fused-ring (bicyclic) bond motifs is 1. The minimum absolute atomic E-state index is 0.311. The summed E-state index contributed by atoms with van der Waals surface area (Å²) >= 11 is 0. The van der Waals surface area contributed by atoms with Crippen molar-refractivity contribution in [1.29, 1.82) is 0 Å².